The molecule has 0 heterocycles. The summed E-state index contributed by atoms with van der Waals surface area (Å²) in [6.45, 7) is 0. The minimum absolute atomic E-state index is 0. The van der Waals surface area contributed by atoms with E-state index in [2.05, 4.69) is 0 Å². The zero-order valence-corrected chi connectivity index (χ0v) is 26.7. The molecule has 15 N–H and O–H groups in total. The SMILES string of the molecule is Nc1ccc(C(O)O)cc1.Nc1ccc(C(O)O)cc1.[Cd+2].[Cd].[Cd].[NH2-].[NH2-].[OH3+]. The van der Waals surface area contributed by atoms with Gasteiger partial charge in [-0.2, -0.15) is 0 Å². The molecular weight excluding hydrogens is 641 g/mol. The van der Waals surface area contributed by atoms with E-state index in [1.807, 2.05) is 0 Å². The topological polar surface area (TPSA) is 233 Å². The molecule has 0 aromatic heterocycles. The van der Waals surface area contributed by atoms with Gasteiger partial charge in [-0.1, -0.05) is 24.3 Å². The van der Waals surface area contributed by atoms with Gasteiger partial charge >= 0.3 is 27.3 Å². The third-order valence-corrected chi connectivity index (χ3v) is 2.47. The molecule has 0 unspecified atom stereocenters. The van der Waals surface area contributed by atoms with Gasteiger partial charge in [0.1, 0.15) is 0 Å². The maximum absolute atomic E-state index is 8.63. The van der Waals surface area contributed by atoms with Crippen molar-refractivity contribution in [3.05, 3.63) is 72.0 Å². The summed E-state index contributed by atoms with van der Waals surface area (Å²) in [5, 5.41) is 34.5. The Kier molecular flexibility index (Phi) is 34.4. The van der Waals surface area contributed by atoms with Crippen LogP contribution in [0.4, 0.5) is 11.4 Å². The molecule has 0 amide bonds. The largest absolute Gasteiger partial charge is 2.00 e. The van der Waals surface area contributed by atoms with Crippen LogP contribution in [0.25, 0.3) is 12.3 Å². The Morgan fingerprint density at radius 2 is 0.769 bits per heavy atom. The Labute approximate surface area is 213 Å². The van der Waals surface area contributed by atoms with Crippen LogP contribution in [0.3, 0.4) is 0 Å². The fourth-order valence-corrected chi connectivity index (χ4v) is 1.34. The molecule has 2 rings (SSSR count). The minimum Gasteiger partial charge on any atom is -0.693 e. The molecule has 0 aliphatic carbocycles. The van der Waals surface area contributed by atoms with Crippen LogP contribution in [0.1, 0.15) is 23.7 Å². The normalized spacial score (nSPS) is 7.92. The first-order chi connectivity index (χ1) is 9.40. The number of nitrogens with two attached hydrogens (primary N) is 4. The first-order valence-electron chi connectivity index (χ1n) is 5.83. The van der Waals surface area contributed by atoms with Crippen LogP contribution in [-0.2, 0) is 87.4 Å². The molecule has 0 saturated carbocycles. The fraction of sp³-hybridized carbons (Fsp3) is 0.143. The van der Waals surface area contributed by atoms with E-state index in [1.54, 1.807) is 48.5 Å². The third kappa shape index (κ3) is 16.7. The molecule has 2 aromatic carbocycles. The fourth-order valence-electron chi connectivity index (χ4n) is 1.34. The second kappa shape index (κ2) is 21.8. The van der Waals surface area contributed by atoms with Crippen molar-refractivity contribution < 1.29 is 108 Å². The smallest absolute Gasteiger partial charge is 0.693 e. The van der Waals surface area contributed by atoms with E-state index in [9.17, 15) is 0 Å². The molecule has 136 valence electrons. The van der Waals surface area contributed by atoms with E-state index < -0.39 is 12.6 Å². The van der Waals surface area contributed by atoms with Crippen molar-refractivity contribution in [1.29, 1.82) is 0 Å². The van der Waals surface area contributed by atoms with Crippen LogP contribution in [0.5, 0.6) is 0 Å². The van der Waals surface area contributed by atoms with Crippen LogP contribution >= 0.6 is 0 Å². The summed E-state index contributed by atoms with van der Waals surface area (Å²) in [5.74, 6) is 0. The van der Waals surface area contributed by atoms with Crippen molar-refractivity contribution in [1.82, 2.24) is 0 Å². The predicted molar refractivity (Wildman–Crippen MR) is 91.5 cm³/mol. The van der Waals surface area contributed by atoms with Gasteiger partial charge in [0.15, 0.2) is 12.6 Å². The summed E-state index contributed by atoms with van der Waals surface area (Å²) >= 11 is 0. The summed E-state index contributed by atoms with van der Waals surface area (Å²) in [5.41, 5.74) is 12.9. The number of rotatable bonds is 2. The summed E-state index contributed by atoms with van der Waals surface area (Å²) < 4.78 is 0. The number of aliphatic hydroxyl groups is 4. The van der Waals surface area contributed by atoms with Gasteiger partial charge in [-0.15, -0.1) is 0 Å². The molecule has 0 bridgehead atoms. The zero-order valence-electron chi connectivity index (χ0n) is 14.6. The standard InChI is InChI=1S/2C7H9NO2.3Cd.2H2N.H2O/c2*8-6-3-1-5(2-4-6)7(9)10;;;;;;/h2*1-4,7,9-10H,8H2;;;;3*1H2/q;;;;+2;2*-1;/p+1. The molecule has 0 aliphatic heterocycles. The molecule has 12 heteroatoms. The Bertz CT molecular complexity index is 482. The molecule has 0 aliphatic rings. The molecule has 26 heavy (non-hydrogen) atoms. The van der Waals surface area contributed by atoms with Crippen molar-refractivity contribution in [2.45, 2.75) is 12.6 Å². The van der Waals surface area contributed by atoms with Crippen molar-refractivity contribution >= 4 is 11.4 Å². The van der Waals surface area contributed by atoms with E-state index in [0.717, 1.165) is 0 Å². The Morgan fingerprint density at radius 1 is 0.577 bits per heavy atom. The summed E-state index contributed by atoms with van der Waals surface area (Å²) in [6.07, 6.45) is -2.80. The van der Waals surface area contributed by atoms with Gasteiger partial charge in [-0.25, -0.2) is 0 Å². The predicted octanol–water partition coefficient (Wildman–Crippen LogP) is 1.01. The second-order valence-corrected chi connectivity index (χ2v) is 4.08. The van der Waals surface area contributed by atoms with Crippen molar-refractivity contribution in [2.75, 3.05) is 11.5 Å². The number of nitrogen functional groups attached to an aromatic ring is 2. The summed E-state index contributed by atoms with van der Waals surface area (Å²) in [7, 11) is 0. The van der Waals surface area contributed by atoms with Crippen LogP contribution in [0.15, 0.2) is 48.5 Å². The molecule has 0 saturated heterocycles. The molecule has 0 radical (unpaired) electrons. The first-order valence-corrected chi connectivity index (χ1v) is 5.83. The molecule has 0 atom stereocenters. The number of aliphatic hydroxyl groups excluding tert-OH is 2. The van der Waals surface area contributed by atoms with E-state index in [1.165, 1.54) is 0 Å². The van der Waals surface area contributed by atoms with E-state index >= 15 is 0 Å². The van der Waals surface area contributed by atoms with Gasteiger partial charge in [0.05, 0.1) is 0 Å². The zero-order chi connectivity index (χ0) is 15.1. The quantitative estimate of drug-likeness (QED) is 0.118. The van der Waals surface area contributed by atoms with Gasteiger partial charge in [0.2, 0.25) is 0 Å². The molecule has 0 spiro atoms. The Hall–Kier alpha value is 0.526. The van der Waals surface area contributed by atoms with Crippen LogP contribution in [0.2, 0.25) is 0 Å². The Morgan fingerprint density at radius 3 is 0.923 bits per heavy atom. The average Bonchev–Trinajstić information content (AvgIpc) is 2.40. The number of benzene rings is 2. The van der Waals surface area contributed by atoms with Crippen molar-refractivity contribution in [2.24, 2.45) is 0 Å². The van der Waals surface area contributed by atoms with Crippen molar-refractivity contribution in [3.8, 4) is 0 Å². The van der Waals surface area contributed by atoms with Crippen molar-refractivity contribution in [3.63, 3.8) is 0 Å². The summed E-state index contributed by atoms with van der Waals surface area (Å²) in [6, 6.07) is 12.8. The maximum Gasteiger partial charge on any atom is 2.00 e. The van der Waals surface area contributed by atoms with Crippen LogP contribution in [0, 0.1) is 0 Å². The average molecular weight is 667 g/mol. The second-order valence-electron chi connectivity index (χ2n) is 4.08. The summed E-state index contributed by atoms with van der Waals surface area (Å²) in [4.78, 5) is 0. The van der Waals surface area contributed by atoms with E-state index in [4.69, 9.17) is 31.9 Å². The maximum atomic E-state index is 8.63. The molecule has 0 fully saturated rings. The molecule has 2 aromatic rings. The number of anilines is 2. The minimum atomic E-state index is -1.40. The van der Waals surface area contributed by atoms with E-state index in [-0.39, 0.29) is 99.7 Å². The van der Waals surface area contributed by atoms with Crippen LogP contribution < -0.4 is 11.5 Å². The van der Waals surface area contributed by atoms with Crippen LogP contribution in [-0.4, -0.2) is 20.4 Å². The molecular formula is C14H25Cd3N4O5+. The van der Waals surface area contributed by atoms with Gasteiger partial charge < -0.3 is 49.7 Å². The van der Waals surface area contributed by atoms with Gasteiger partial charge in [-0.05, 0) is 24.3 Å². The monoisotopic (exact) mass is 671 g/mol. The number of hydrogen-bond donors (Lipinski definition) is 6. The van der Waals surface area contributed by atoms with Gasteiger partial charge in [-0.3, -0.25) is 0 Å². The molecule has 9 nitrogen and oxygen atoms in total. The Balaban J connectivity index is -0.0000000625. The third-order valence-electron chi connectivity index (χ3n) is 2.47. The van der Waals surface area contributed by atoms with Gasteiger partial charge in [0.25, 0.3) is 0 Å². The van der Waals surface area contributed by atoms with Gasteiger partial charge in [0, 0.05) is 77.1 Å². The van der Waals surface area contributed by atoms with E-state index in [0.29, 0.717) is 22.5 Å². The first kappa shape index (κ1) is 41.0. The number of hydrogen-bond acceptors (Lipinski definition) is 6.